The predicted octanol–water partition coefficient (Wildman–Crippen LogP) is 5.52. The maximum absolute atomic E-state index is 13.1. The van der Waals surface area contributed by atoms with Gasteiger partial charge >= 0.3 is 0 Å². The zero-order valence-electron chi connectivity index (χ0n) is 15.3. The monoisotopic (exact) mass is 436 g/mol. The first-order valence-corrected chi connectivity index (χ1v) is 9.33. The molecule has 0 aliphatic heterocycles. The maximum Gasteiger partial charge on any atom is 0.282 e. The van der Waals surface area contributed by atoms with Gasteiger partial charge < -0.3 is 5.11 Å². The average molecular weight is 437 g/mol. The Balaban J connectivity index is 2.18. The molecule has 0 aliphatic rings. The molecule has 140 valence electrons. The molecule has 2 aromatic carbocycles. The average Bonchev–Trinajstić information content (AvgIpc) is 2.69. The van der Waals surface area contributed by atoms with Gasteiger partial charge in [0.2, 0.25) is 5.88 Å². The Morgan fingerprint density at radius 1 is 1.14 bits per heavy atom. The number of azo groups is 1. The fraction of sp³-hybridized carbons (Fsp3) is 0.143. The fourth-order valence-corrected chi connectivity index (χ4v) is 3.30. The van der Waals surface area contributed by atoms with E-state index in [2.05, 4.69) is 26.2 Å². The minimum absolute atomic E-state index is 0.00516. The molecule has 0 bridgehead atoms. The molecular formula is C21H17BrN4O2. The van der Waals surface area contributed by atoms with Crippen LogP contribution in [0.4, 0.5) is 11.4 Å². The van der Waals surface area contributed by atoms with Crippen LogP contribution < -0.4 is 5.56 Å². The summed E-state index contributed by atoms with van der Waals surface area (Å²) in [4.78, 5) is 13.1. The number of aromatic nitrogens is 1. The van der Waals surface area contributed by atoms with Crippen LogP contribution in [0.2, 0.25) is 0 Å². The number of hydrogen-bond acceptors (Lipinski definition) is 5. The second kappa shape index (κ2) is 8.19. The van der Waals surface area contributed by atoms with Gasteiger partial charge in [-0.25, -0.2) is 0 Å². The summed E-state index contributed by atoms with van der Waals surface area (Å²) in [6.45, 7) is 3.36. The van der Waals surface area contributed by atoms with Crippen LogP contribution in [-0.4, -0.2) is 9.67 Å². The molecule has 0 radical (unpaired) electrons. The molecule has 3 rings (SSSR count). The van der Waals surface area contributed by atoms with Gasteiger partial charge in [0.05, 0.1) is 11.7 Å². The zero-order chi connectivity index (χ0) is 20.3. The van der Waals surface area contributed by atoms with Gasteiger partial charge in [-0.05, 0) is 37.6 Å². The normalized spacial score (nSPS) is 12.1. The van der Waals surface area contributed by atoms with Crippen LogP contribution in [0, 0.1) is 18.3 Å². The van der Waals surface area contributed by atoms with E-state index in [9.17, 15) is 15.2 Å². The van der Waals surface area contributed by atoms with E-state index in [4.69, 9.17) is 0 Å². The number of benzene rings is 2. The van der Waals surface area contributed by atoms with Crippen LogP contribution in [0.1, 0.15) is 29.7 Å². The van der Waals surface area contributed by atoms with Crippen molar-refractivity contribution in [3.63, 3.8) is 0 Å². The number of hydrogen-bond donors (Lipinski definition) is 1. The molecule has 1 atom stereocenters. The van der Waals surface area contributed by atoms with Crippen LogP contribution in [0.3, 0.4) is 0 Å². The van der Waals surface area contributed by atoms with Gasteiger partial charge in [0.25, 0.3) is 5.56 Å². The van der Waals surface area contributed by atoms with Crippen molar-refractivity contribution in [3.05, 3.63) is 86.1 Å². The fourth-order valence-electron chi connectivity index (χ4n) is 2.91. The first-order chi connectivity index (χ1) is 13.4. The van der Waals surface area contributed by atoms with Gasteiger partial charge in [-0.2, -0.15) is 10.4 Å². The number of rotatable bonds is 4. The van der Waals surface area contributed by atoms with Crippen LogP contribution in [-0.2, 0) is 0 Å². The quantitative estimate of drug-likeness (QED) is 0.545. The summed E-state index contributed by atoms with van der Waals surface area (Å²) in [7, 11) is 0. The maximum atomic E-state index is 13.1. The van der Waals surface area contributed by atoms with E-state index < -0.39 is 11.6 Å². The van der Waals surface area contributed by atoms with Crippen molar-refractivity contribution in [1.82, 2.24) is 4.57 Å². The molecular weight excluding hydrogens is 420 g/mol. The molecule has 3 aromatic rings. The van der Waals surface area contributed by atoms with Crippen molar-refractivity contribution < 1.29 is 5.11 Å². The summed E-state index contributed by atoms with van der Waals surface area (Å²) in [6.07, 6.45) is 0. The summed E-state index contributed by atoms with van der Waals surface area (Å²) in [6, 6.07) is 17.9. The number of nitriles is 1. The van der Waals surface area contributed by atoms with Crippen molar-refractivity contribution in [2.45, 2.75) is 19.9 Å². The first-order valence-electron chi connectivity index (χ1n) is 8.54. The topological polar surface area (TPSA) is 90.7 Å². The third-order valence-electron chi connectivity index (χ3n) is 4.46. The highest BCUT2D eigenvalue weighted by Crippen LogP contribution is 2.31. The van der Waals surface area contributed by atoms with E-state index in [0.29, 0.717) is 11.3 Å². The second-order valence-electron chi connectivity index (χ2n) is 6.23. The molecule has 0 saturated heterocycles. The van der Waals surface area contributed by atoms with E-state index in [0.717, 1.165) is 10.0 Å². The lowest BCUT2D eigenvalue weighted by Crippen LogP contribution is -2.25. The largest absolute Gasteiger partial charge is 0.493 e. The molecule has 0 aliphatic carbocycles. The van der Waals surface area contributed by atoms with Gasteiger partial charge in [0.15, 0.2) is 5.69 Å². The Kier molecular flexibility index (Phi) is 5.71. The standard InChI is InChI=1S/C21H17BrN4O2/c1-13-18(12-23)20(27)26(14(2)15-7-4-3-5-8-15)21(28)19(13)25-24-17-10-6-9-16(22)11-17/h3-11,14,27H,1-2H3. The lowest BCUT2D eigenvalue weighted by molar-refractivity contribution is 0.393. The Labute approximate surface area is 170 Å². The molecule has 1 heterocycles. The molecule has 28 heavy (non-hydrogen) atoms. The van der Waals surface area contributed by atoms with Crippen molar-refractivity contribution in [2.24, 2.45) is 10.2 Å². The molecule has 0 amide bonds. The van der Waals surface area contributed by atoms with E-state index in [1.54, 1.807) is 32.0 Å². The summed E-state index contributed by atoms with van der Waals surface area (Å²) >= 11 is 3.36. The highest BCUT2D eigenvalue weighted by Gasteiger charge is 2.23. The Hall–Kier alpha value is -3.24. The number of aromatic hydroxyl groups is 1. The minimum Gasteiger partial charge on any atom is -0.493 e. The highest BCUT2D eigenvalue weighted by molar-refractivity contribution is 9.10. The SMILES string of the molecule is Cc1c(C#N)c(O)n(C(C)c2ccccc2)c(=O)c1N=Nc1cccc(Br)c1. The minimum atomic E-state index is -0.510. The Morgan fingerprint density at radius 3 is 2.50 bits per heavy atom. The molecule has 0 fully saturated rings. The molecule has 6 nitrogen and oxygen atoms in total. The van der Waals surface area contributed by atoms with Crippen molar-refractivity contribution in [2.75, 3.05) is 0 Å². The number of halogens is 1. The van der Waals surface area contributed by atoms with Crippen molar-refractivity contribution in [3.8, 4) is 11.9 Å². The van der Waals surface area contributed by atoms with E-state index in [-0.39, 0.29) is 17.1 Å². The third-order valence-corrected chi connectivity index (χ3v) is 4.95. The summed E-state index contributed by atoms with van der Waals surface area (Å²) < 4.78 is 2.01. The van der Waals surface area contributed by atoms with E-state index >= 15 is 0 Å². The lowest BCUT2D eigenvalue weighted by Gasteiger charge is -2.19. The van der Waals surface area contributed by atoms with Gasteiger partial charge in [-0.1, -0.05) is 52.3 Å². The van der Waals surface area contributed by atoms with Crippen molar-refractivity contribution in [1.29, 1.82) is 5.26 Å². The molecule has 0 spiro atoms. The van der Waals surface area contributed by atoms with Gasteiger partial charge in [-0.15, -0.1) is 5.11 Å². The number of nitrogens with zero attached hydrogens (tertiary/aromatic N) is 4. The van der Waals surface area contributed by atoms with Crippen molar-refractivity contribution >= 4 is 27.3 Å². The van der Waals surface area contributed by atoms with E-state index in [1.807, 2.05) is 42.5 Å². The molecule has 1 unspecified atom stereocenters. The molecule has 1 N–H and O–H groups in total. The summed E-state index contributed by atoms with van der Waals surface area (Å²) in [5.41, 5.74) is 1.19. The van der Waals surface area contributed by atoms with Crippen LogP contribution in [0.5, 0.6) is 5.88 Å². The van der Waals surface area contributed by atoms with Crippen LogP contribution in [0.15, 0.2) is 74.1 Å². The summed E-state index contributed by atoms with van der Waals surface area (Å²) in [5, 5.41) is 28.3. The summed E-state index contributed by atoms with van der Waals surface area (Å²) in [5.74, 6) is -0.372. The van der Waals surface area contributed by atoms with Gasteiger partial charge in [0.1, 0.15) is 11.6 Å². The zero-order valence-corrected chi connectivity index (χ0v) is 16.9. The first kappa shape index (κ1) is 19.5. The second-order valence-corrected chi connectivity index (χ2v) is 7.14. The number of pyridine rings is 1. The van der Waals surface area contributed by atoms with Crippen LogP contribution in [0.25, 0.3) is 0 Å². The van der Waals surface area contributed by atoms with Gasteiger partial charge in [-0.3, -0.25) is 9.36 Å². The molecule has 1 aromatic heterocycles. The molecule has 7 heteroatoms. The van der Waals surface area contributed by atoms with Crippen LogP contribution >= 0.6 is 15.9 Å². The third kappa shape index (κ3) is 3.73. The molecule has 0 saturated carbocycles. The Bertz CT molecular complexity index is 1150. The lowest BCUT2D eigenvalue weighted by atomic mass is 10.1. The predicted molar refractivity (Wildman–Crippen MR) is 110 cm³/mol. The highest BCUT2D eigenvalue weighted by atomic mass is 79.9. The Morgan fingerprint density at radius 2 is 1.86 bits per heavy atom. The van der Waals surface area contributed by atoms with Gasteiger partial charge in [0, 0.05) is 10.0 Å². The smallest absolute Gasteiger partial charge is 0.282 e. The van der Waals surface area contributed by atoms with E-state index in [1.165, 1.54) is 4.57 Å².